The second kappa shape index (κ2) is 3.37. The molecule has 0 radical (unpaired) electrons. The fourth-order valence-corrected chi connectivity index (χ4v) is 1.95. The summed E-state index contributed by atoms with van der Waals surface area (Å²) < 4.78 is 0. The first-order chi connectivity index (χ1) is 6.74. The highest BCUT2D eigenvalue weighted by atomic mass is 14.8. The van der Waals surface area contributed by atoms with E-state index in [9.17, 15) is 0 Å². The first-order valence-corrected chi connectivity index (χ1v) is 5.14. The van der Waals surface area contributed by atoms with Gasteiger partial charge in [0.25, 0.3) is 0 Å². The third-order valence-corrected chi connectivity index (χ3v) is 2.72. The predicted molar refractivity (Wildman–Crippen MR) is 61.5 cm³/mol. The van der Waals surface area contributed by atoms with Crippen LogP contribution in [0.25, 0.3) is 10.9 Å². The molecule has 2 heteroatoms. The maximum absolute atomic E-state index is 5.72. The van der Waals surface area contributed by atoms with Crippen LogP contribution in [-0.4, -0.2) is 4.98 Å². The molecule has 0 aliphatic carbocycles. The molecule has 0 bridgehead atoms. The smallest absolute Gasteiger partial charge is 0.101 e. The largest absolute Gasteiger partial charge is 0.385 e. The highest BCUT2D eigenvalue weighted by molar-refractivity contribution is 5.84. The van der Waals surface area contributed by atoms with Crippen LogP contribution in [0.15, 0.2) is 18.2 Å². The number of nitrogens with two attached hydrogens (primary N) is 1. The Labute approximate surface area is 84.1 Å². The van der Waals surface area contributed by atoms with Crippen molar-refractivity contribution in [3.8, 4) is 0 Å². The zero-order chi connectivity index (χ0) is 10.1. The van der Waals surface area contributed by atoms with Crippen LogP contribution in [-0.2, 0) is 12.8 Å². The average Bonchev–Trinajstić information content (AvgIpc) is 2.54. The standard InChI is InChI=1S/C12H16N2/c1-3-8-5-10-7-12(13)14-11(10)6-9(8)4-2/h5-7,14H,3-4,13H2,1-2H3. The molecule has 0 aliphatic rings. The molecule has 0 unspecified atom stereocenters. The Hall–Kier alpha value is -1.44. The van der Waals surface area contributed by atoms with Gasteiger partial charge in [-0.2, -0.15) is 0 Å². The quantitative estimate of drug-likeness (QED) is 0.747. The van der Waals surface area contributed by atoms with Crippen LogP contribution in [0.1, 0.15) is 25.0 Å². The number of nitrogen functional groups attached to an aromatic ring is 1. The van der Waals surface area contributed by atoms with Gasteiger partial charge in [-0.3, -0.25) is 0 Å². The van der Waals surface area contributed by atoms with Gasteiger partial charge in [0.2, 0.25) is 0 Å². The van der Waals surface area contributed by atoms with Crippen molar-refractivity contribution >= 4 is 16.7 Å². The number of benzene rings is 1. The summed E-state index contributed by atoms with van der Waals surface area (Å²) in [6, 6.07) is 6.44. The van der Waals surface area contributed by atoms with Crippen molar-refractivity contribution in [2.75, 3.05) is 5.73 Å². The van der Waals surface area contributed by atoms with E-state index in [0.717, 1.165) is 24.2 Å². The Balaban J connectivity index is 2.68. The zero-order valence-electron chi connectivity index (χ0n) is 8.72. The van der Waals surface area contributed by atoms with Crippen LogP contribution < -0.4 is 5.73 Å². The van der Waals surface area contributed by atoms with Gasteiger partial charge in [0.15, 0.2) is 0 Å². The summed E-state index contributed by atoms with van der Waals surface area (Å²) in [5, 5.41) is 1.22. The van der Waals surface area contributed by atoms with E-state index < -0.39 is 0 Å². The number of aromatic amines is 1. The molecule has 1 aromatic heterocycles. The number of rotatable bonds is 2. The van der Waals surface area contributed by atoms with Crippen molar-refractivity contribution in [2.24, 2.45) is 0 Å². The van der Waals surface area contributed by atoms with Crippen LogP contribution in [0.3, 0.4) is 0 Å². The van der Waals surface area contributed by atoms with Crippen molar-refractivity contribution in [3.05, 3.63) is 29.3 Å². The Morgan fingerprint density at radius 1 is 1.07 bits per heavy atom. The maximum Gasteiger partial charge on any atom is 0.101 e. The summed E-state index contributed by atoms with van der Waals surface area (Å²) in [5.74, 6) is 0.746. The molecule has 0 atom stereocenters. The first kappa shape index (κ1) is 9.13. The van der Waals surface area contributed by atoms with Crippen molar-refractivity contribution in [1.82, 2.24) is 4.98 Å². The van der Waals surface area contributed by atoms with Gasteiger partial charge < -0.3 is 10.7 Å². The summed E-state index contributed by atoms with van der Waals surface area (Å²) in [4.78, 5) is 3.16. The third kappa shape index (κ3) is 1.37. The van der Waals surface area contributed by atoms with Crippen LogP contribution in [0.4, 0.5) is 5.82 Å². The molecule has 2 aromatic rings. The van der Waals surface area contributed by atoms with Gasteiger partial charge in [-0.15, -0.1) is 0 Å². The minimum atomic E-state index is 0.746. The second-order valence-electron chi connectivity index (χ2n) is 3.64. The number of aromatic nitrogens is 1. The highest BCUT2D eigenvalue weighted by Crippen LogP contribution is 2.22. The summed E-state index contributed by atoms with van der Waals surface area (Å²) in [5.41, 5.74) is 9.72. The van der Waals surface area contributed by atoms with Gasteiger partial charge >= 0.3 is 0 Å². The summed E-state index contributed by atoms with van der Waals surface area (Å²) in [7, 11) is 0. The summed E-state index contributed by atoms with van der Waals surface area (Å²) in [6.07, 6.45) is 2.17. The van der Waals surface area contributed by atoms with E-state index in [1.807, 2.05) is 6.07 Å². The van der Waals surface area contributed by atoms with E-state index >= 15 is 0 Å². The minimum Gasteiger partial charge on any atom is -0.385 e. The van der Waals surface area contributed by atoms with Crippen molar-refractivity contribution in [3.63, 3.8) is 0 Å². The molecule has 2 nitrogen and oxygen atoms in total. The van der Waals surface area contributed by atoms with Crippen LogP contribution in [0.5, 0.6) is 0 Å². The topological polar surface area (TPSA) is 41.8 Å². The molecule has 0 amide bonds. The van der Waals surface area contributed by atoms with Gasteiger partial charge in [-0.05, 0) is 42.2 Å². The highest BCUT2D eigenvalue weighted by Gasteiger charge is 2.03. The van der Waals surface area contributed by atoms with Gasteiger partial charge in [0, 0.05) is 10.9 Å². The lowest BCUT2D eigenvalue weighted by Gasteiger charge is -2.05. The van der Waals surface area contributed by atoms with Crippen LogP contribution in [0, 0.1) is 0 Å². The lowest BCUT2D eigenvalue weighted by molar-refractivity contribution is 1.04. The molecule has 0 saturated carbocycles. The fraction of sp³-hybridized carbons (Fsp3) is 0.333. The summed E-state index contributed by atoms with van der Waals surface area (Å²) in [6.45, 7) is 4.38. The lowest BCUT2D eigenvalue weighted by Crippen LogP contribution is -1.90. The Morgan fingerprint density at radius 2 is 1.71 bits per heavy atom. The number of fused-ring (bicyclic) bond motifs is 1. The zero-order valence-corrected chi connectivity index (χ0v) is 8.72. The molecule has 0 aliphatic heterocycles. The molecule has 14 heavy (non-hydrogen) atoms. The molecule has 1 heterocycles. The van der Waals surface area contributed by atoms with Crippen LogP contribution in [0.2, 0.25) is 0 Å². The second-order valence-corrected chi connectivity index (χ2v) is 3.64. The number of anilines is 1. The van der Waals surface area contributed by atoms with E-state index in [-0.39, 0.29) is 0 Å². The Bertz CT molecular complexity index is 414. The molecule has 0 saturated heterocycles. The van der Waals surface area contributed by atoms with Gasteiger partial charge in [0.1, 0.15) is 5.82 Å². The molecular weight excluding hydrogens is 172 g/mol. The number of nitrogens with one attached hydrogen (secondary N) is 1. The molecule has 0 fully saturated rings. The first-order valence-electron chi connectivity index (χ1n) is 5.14. The number of hydrogen-bond acceptors (Lipinski definition) is 1. The fourth-order valence-electron chi connectivity index (χ4n) is 1.95. The molecule has 3 N–H and O–H groups in total. The molecule has 74 valence electrons. The Morgan fingerprint density at radius 3 is 2.36 bits per heavy atom. The van der Waals surface area contributed by atoms with E-state index in [0.29, 0.717) is 0 Å². The van der Waals surface area contributed by atoms with Crippen LogP contribution >= 0.6 is 0 Å². The van der Waals surface area contributed by atoms with Crippen molar-refractivity contribution < 1.29 is 0 Å². The van der Waals surface area contributed by atoms with Crippen molar-refractivity contribution in [1.29, 1.82) is 0 Å². The van der Waals surface area contributed by atoms with Gasteiger partial charge in [-0.1, -0.05) is 13.8 Å². The minimum absolute atomic E-state index is 0.746. The van der Waals surface area contributed by atoms with E-state index in [1.54, 1.807) is 0 Å². The number of H-pyrrole nitrogens is 1. The van der Waals surface area contributed by atoms with Gasteiger partial charge in [0.05, 0.1) is 0 Å². The monoisotopic (exact) mass is 188 g/mol. The maximum atomic E-state index is 5.72. The van der Waals surface area contributed by atoms with E-state index in [2.05, 4.69) is 31.0 Å². The normalized spacial score (nSPS) is 11.0. The van der Waals surface area contributed by atoms with E-state index in [1.165, 1.54) is 16.5 Å². The van der Waals surface area contributed by atoms with Crippen molar-refractivity contribution in [2.45, 2.75) is 26.7 Å². The molecular formula is C12H16N2. The average molecular weight is 188 g/mol. The lowest BCUT2D eigenvalue weighted by atomic mass is 10.0. The molecule has 1 aromatic carbocycles. The molecule has 0 spiro atoms. The molecule has 2 rings (SSSR count). The summed E-state index contributed by atoms with van der Waals surface area (Å²) >= 11 is 0. The Kier molecular flexibility index (Phi) is 2.20. The third-order valence-electron chi connectivity index (χ3n) is 2.72. The number of aryl methyl sites for hydroxylation is 2. The number of hydrogen-bond donors (Lipinski definition) is 2. The van der Waals surface area contributed by atoms with E-state index in [4.69, 9.17) is 5.73 Å². The SMILES string of the molecule is CCc1cc2cc(N)[nH]c2cc1CC. The predicted octanol–water partition coefficient (Wildman–Crippen LogP) is 2.87. The van der Waals surface area contributed by atoms with Gasteiger partial charge in [-0.25, -0.2) is 0 Å².